The predicted molar refractivity (Wildman–Crippen MR) is 87.4 cm³/mol. The smallest absolute Gasteiger partial charge is 0.271 e. The summed E-state index contributed by atoms with van der Waals surface area (Å²) < 4.78 is 1.72. The van der Waals surface area contributed by atoms with Crippen LogP contribution in [0.4, 0.5) is 5.82 Å². The van der Waals surface area contributed by atoms with Crippen molar-refractivity contribution in [3.05, 3.63) is 54.2 Å². The number of imidazole rings is 1. The Hall–Kier alpha value is -2.96. The number of nitrogens with one attached hydrogen (secondary N) is 2. The predicted octanol–water partition coefficient (Wildman–Crippen LogP) is 1.66. The van der Waals surface area contributed by atoms with Gasteiger partial charge in [0.05, 0.1) is 0 Å². The van der Waals surface area contributed by atoms with Crippen molar-refractivity contribution in [1.82, 2.24) is 24.7 Å². The van der Waals surface area contributed by atoms with Gasteiger partial charge in [-0.2, -0.15) is 0 Å². The zero-order chi connectivity index (χ0) is 16.1. The van der Waals surface area contributed by atoms with E-state index in [-0.39, 0.29) is 5.91 Å². The number of aromatic nitrogens is 4. The first kappa shape index (κ1) is 15.0. The maximum absolute atomic E-state index is 12.0. The van der Waals surface area contributed by atoms with E-state index >= 15 is 0 Å². The Morgan fingerprint density at radius 2 is 2.17 bits per heavy atom. The highest BCUT2D eigenvalue weighted by Gasteiger charge is 2.10. The molecule has 0 unspecified atom stereocenters. The van der Waals surface area contributed by atoms with Gasteiger partial charge < -0.3 is 10.6 Å². The van der Waals surface area contributed by atoms with E-state index in [9.17, 15) is 4.79 Å². The molecule has 3 aromatic heterocycles. The number of pyridine rings is 1. The number of aryl methyl sites for hydroxylation is 1. The fourth-order valence-corrected chi connectivity index (χ4v) is 2.11. The van der Waals surface area contributed by atoms with Crippen LogP contribution in [0.1, 0.15) is 22.5 Å². The third kappa shape index (κ3) is 3.82. The van der Waals surface area contributed by atoms with E-state index in [1.165, 1.54) is 0 Å². The molecule has 0 spiro atoms. The average Bonchev–Trinajstić information content (AvgIpc) is 3.00. The van der Waals surface area contributed by atoms with Crippen LogP contribution in [0.2, 0.25) is 0 Å². The molecule has 0 aliphatic heterocycles. The lowest BCUT2D eigenvalue weighted by molar-refractivity contribution is 0.0949. The Morgan fingerprint density at radius 1 is 1.26 bits per heavy atom. The number of nitrogens with zero attached hydrogens (tertiary/aromatic N) is 4. The Kier molecular flexibility index (Phi) is 4.46. The lowest BCUT2D eigenvalue weighted by Crippen LogP contribution is -2.26. The summed E-state index contributed by atoms with van der Waals surface area (Å²) in [7, 11) is 0. The van der Waals surface area contributed by atoms with Crippen LogP contribution < -0.4 is 10.6 Å². The van der Waals surface area contributed by atoms with E-state index in [1.807, 2.05) is 31.5 Å². The van der Waals surface area contributed by atoms with Crippen LogP contribution in [-0.4, -0.2) is 38.3 Å². The van der Waals surface area contributed by atoms with Gasteiger partial charge in [-0.05, 0) is 31.0 Å². The first-order valence-corrected chi connectivity index (χ1v) is 7.47. The molecular formula is C16H18N6O. The quantitative estimate of drug-likeness (QED) is 0.677. The SMILES string of the molecule is Cc1ccc(NCCCNC(=O)c2cn3cccnc3n2)nc1. The topological polar surface area (TPSA) is 84.2 Å². The fourth-order valence-electron chi connectivity index (χ4n) is 2.11. The minimum atomic E-state index is -0.191. The Morgan fingerprint density at radius 3 is 2.96 bits per heavy atom. The molecular weight excluding hydrogens is 292 g/mol. The number of carbonyl (C=O) groups is 1. The molecule has 0 aliphatic carbocycles. The van der Waals surface area contributed by atoms with Crippen molar-refractivity contribution in [3.63, 3.8) is 0 Å². The molecule has 0 atom stereocenters. The molecule has 1 amide bonds. The van der Waals surface area contributed by atoms with E-state index in [4.69, 9.17) is 0 Å². The molecule has 0 radical (unpaired) electrons. The van der Waals surface area contributed by atoms with Crippen molar-refractivity contribution in [3.8, 4) is 0 Å². The number of amides is 1. The first-order valence-electron chi connectivity index (χ1n) is 7.47. The van der Waals surface area contributed by atoms with Crippen molar-refractivity contribution in [2.75, 3.05) is 18.4 Å². The number of hydrogen-bond acceptors (Lipinski definition) is 5. The Balaban J connectivity index is 1.43. The molecule has 3 aromatic rings. The highest BCUT2D eigenvalue weighted by Crippen LogP contribution is 2.04. The summed E-state index contributed by atoms with van der Waals surface area (Å²) in [6, 6.07) is 5.74. The molecule has 118 valence electrons. The zero-order valence-electron chi connectivity index (χ0n) is 12.9. The number of carbonyl (C=O) groups excluding carboxylic acids is 1. The zero-order valence-corrected chi connectivity index (χ0v) is 12.9. The molecule has 3 heterocycles. The fraction of sp³-hybridized carbons (Fsp3) is 0.250. The van der Waals surface area contributed by atoms with Crippen LogP contribution in [0.15, 0.2) is 43.0 Å². The summed E-state index contributed by atoms with van der Waals surface area (Å²) in [6.45, 7) is 3.31. The number of hydrogen-bond donors (Lipinski definition) is 2. The van der Waals surface area contributed by atoms with Gasteiger partial charge in [-0.3, -0.25) is 9.20 Å². The molecule has 0 bridgehead atoms. The Bertz CT molecular complexity index is 763. The average molecular weight is 310 g/mol. The molecule has 2 N–H and O–H groups in total. The van der Waals surface area contributed by atoms with Gasteiger partial charge in [0.1, 0.15) is 11.5 Å². The first-order chi connectivity index (χ1) is 11.2. The summed E-state index contributed by atoms with van der Waals surface area (Å²) in [6.07, 6.45) is 7.75. The normalized spacial score (nSPS) is 10.7. The van der Waals surface area contributed by atoms with E-state index < -0.39 is 0 Å². The maximum Gasteiger partial charge on any atom is 0.271 e. The van der Waals surface area contributed by atoms with Crippen molar-refractivity contribution in [1.29, 1.82) is 0 Å². The molecule has 7 nitrogen and oxygen atoms in total. The highest BCUT2D eigenvalue weighted by atomic mass is 16.1. The van der Waals surface area contributed by atoms with Crippen molar-refractivity contribution in [2.24, 2.45) is 0 Å². The second kappa shape index (κ2) is 6.87. The number of fused-ring (bicyclic) bond motifs is 1. The maximum atomic E-state index is 12.0. The molecule has 0 saturated heterocycles. The van der Waals surface area contributed by atoms with E-state index in [0.717, 1.165) is 24.3 Å². The van der Waals surface area contributed by atoms with Gasteiger partial charge in [0.15, 0.2) is 0 Å². The van der Waals surface area contributed by atoms with Crippen LogP contribution >= 0.6 is 0 Å². The van der Waals surface area contributed by atoms with Gasteiger partial charge >= 0.3 is 0 Å². The minimum Gasteiger partial charge on any atom is -0.370 e. The van der Waals surface area contributed by atoms with Crippen molar-refractivity contribution in [2.45, 2.75) is 13.3 Å². The monoisotopic (exact) mass is 310 g/mol. The van der Waals surface area contributed by atoms with E-state index in [0.29, 0.717) is 18.0 Å². The lowest BCUT2D eigenvalue weighted by atomic mass is 10.3. The van der Waals surface area contributed by atoms with Crippen LogP contribution in [0.3, 0.4) is 0 Å². The summed E-state index contributed by atoms with van der Waals surface area (Å²) in [5.74, 6) is 1.17. The van der Waals surface area contributed by atoms with Gasteiger partial charge in [-0.15, -0.1) is 0 Å². The van der Waals surface area contributed by atoms with E-state index in [1.54, 1.807) is 22.9 Å². The molecule has 0 aliphatic rings. The van der Waals surface area contributed by atoms with Crippen molar-refractivity contribution >= 4 is 17.5 Å². The summed E-state index contributed by atoms with van der Waals surface area (Å²) >= 11 is 0. The van der Waals surface area contributed by atoms with Gasteiger partial charge in [0.25, 0.3) is 5.91 Å². The molecule has 3 rings (SSSR count). The standard InChI is InChI=1S/C16H18N6O/c1-12-4-5-14(20-10-12)17-6-2-7-18-15(23)13-11-22-9-3-8-19-16(22)21-13/h3-5,8-11H,2,6-7H2,1H3,(H,17,20)(H,18,23). The van der Waals surface area contributed by atoms with Gasteiger partial charge in [0, 0.05) is 37.9 Å². The van der Waals surface area contributed by atoms with Gasteiger partial charge in [0.2, 0.25) is 5.78 Å². The highest BCUT2D eigenvalue weighted by molar-refractivity contribution is 5.92. The van der Waals surface area contributed by atoms with Gasteiger partial charge in [-0.25, -0.2) is 15.0 Å². The summed E-state index contributed by atoms with van der Waals surface area (Å²) in [4.78, 5) is 24.6. The van der Waals surface area contributed by atoms with Crippen LogP contribution in [0.25, 0.3) is 5.78 Å². The largest absolute Gasteiger partial charge is 0.370 e. The summed E-state index contributed by atoms with van der Waals surface area (Å²) in [5.41, 5.74) is 1.50. The van der Waals surface area contributed by atoms with E-state index in [2.05, 4.69) is 25.6 Å². The van der Waals surface area contributed by atoms with Crippen LogP contribution in [0, 0.1) is 6.92 Å². The number of anilines is 1. The molecule has 23 heavy (non-hydrogen) atoms. The third-order valence-electron chi connectivity index (χ3n) is 3.32. The second-order valence-electron chi connectivity index (χ2n) is 5.21. The van der Waals surface area contributed by atoms with Gasteiger partial charge in [-0.1, -0.05) is 6.07 Å². The minimum absolute atomic E-state index is 0.191. The Labute approximate surface area is 133 Å². The molecule has 0 aromatic carbocycles. The number of rotatable bonds is 6. The summed E-state index contributed by atoms with van der Waals surface area (Å²) in [5, 5.41) is 6.07. The third-order valence-corrected chi connectivity index (χ3v) is 3.32. The lowest BCUT2D eigenvalue weighted by Gasteiger charge is -2.06. The van der Waals surface area contributed by atoms with Crippen LogP contribution in [-0.2, 0) is 0 Å². The van der Waals surface area contributed by atoms with Crippen LogP contribution in [0.5, 0.6) is 0 Å². The second-order valence-corrected chi connectivity index (χ2v) is 5.21. The van der Waals surface area contributed by atoms with Crippen molar-refractivity contribution < 1.29 is 4.79 Å². The molecule has 7 heteroatoms. The molecule has 0 saturated carbocycles. The molecule has 0 fully saturated rings.